The second kappa shape index (κ2) is 7.78. The number of carbonyl (C=O) groups excluding carboxylic acids is 1. The van der Waals surface area contributed by atoms with Crippen LogP contribution in [0.15, 0.2) is 71.5 Å². The molecular weight excluding hydrogens is 326 g/mol. The predicted octanol–water partition coefficient (Wildman–Crippen LogP) is 3.09. The van der Waals surface area contributed by atoms with E-state index in [1.165, 1.54) is 10.7 Å². The molecule has 0 fully saturated rings. The molecule has 0 N–H and O–H groups in total. The monoisotopic (exact) mass is 347 g/mol. The third-order valence-electron chi connectivity index (χ3n) is 4.08. The van der Waals surface area contributed by atoms with Crippen LogP contribution in [0.1, 0.15) is 16.8 Å². The minimum atomic E-state index is -0.284. The highest BCUT2D eigenvalue weighted by molar-refractivity contribution is 5.93. The van der Waals surface area contributed by atoms with Crippen LogP contribution in [0.3, 0.4) is 0 Å². The molecule has 0 saturated heterocycles. The third kappa shape index (κ3) is 4.25. The summed E-state index contributed by atoms with van der Waals surface area (Å²) in [7, 11) is 0. The molecule has 132 valence electrons. The molecule has 3 rings (SSSR count). The second-order valence-electron chi connectivity index (χ2n) is 6.28. The summed E-state index contributed by atoms with van der Waals surface area (Å²) in [6.07, 6.45) is 0. The summed E-state index contributed by atoms with van der Waals surface area (Å²) < 4.78 is 1.21. The lowest BCUT2D eigenvalue weighted by Gasteiger charge is -2.23. The highest BCUT2D eigenvalue weighted by Crippen LogP contribution is 2.19. The molecular formula is C21H21N3O2. The third-order valence-corrected chi connectivity index (χ3v) is 4.08. The van der Waals surface area contributed by atoms with Crippen molar-refractivity contribution in [3.05, 3.63) is 93.9 Å². The molecule has 26 heavy (non-hydrogen) atoms. The van der Waals surface area contributed by atoms with Gasteiger partial charge in [0.1, 0.15) is 6.54 Å². The van der Waals surface area contributed by atoms with E-state index in [4.69, 9.17) is 0 Å². The van der Waals surface area contributed by atoms with Crippen molar-refractivity contribution in [2.24, 2.45) is 0 Å². The van der Waals surface area contributed by atoms with Gasteiger partial charge in [0.05, 0.1) is 12.2 Å². The highest BCUT2D eigenvalue weighted by atomic mass is 16.2. The Labute approximate surface area is 152 Å². The maximum absolute atomic E-state index is 13.0. The van der Waals surface area contributed by atoms with Crippen LogP contribution in [-0.4, -0.2) is 15.7 Å². The van der Waals surface area contributed by atoms with Gasteiger partial charge in [0.25, 0.3) is 5.56 Å². The second-order valence-corrected chi connectivity index (χ2v) is 6.28. The molecule has 1 amide bonds. The Morgan fingerprint density at radius 2 is 1.77 bits per heavy atom. The van der Waals surface area contributed by atoms with E-state index < -0.39 is 0 Å². The number of carbonyl (C=O) groups is 1. The first-order valence-corrected chi connectivity index (χ1v) is 8.48. The molecule has 0 spiro atoms. The maximum Gasteiger partial charge on any atom is 0.267 e. The van der Waals surface area contributed by atoms with E-state index in [-0.39, 0.29) is 18.0 Å². The minimum Gasteiger partial charge on any atom is -0.306 e. The van der Waals surface area contributed by atoms with E-state index in [1.807, 2.05) is 61.5 Å². The molecule has 0 saturated carbocycles. The van der Waals surface area contributed by atoms with Gasteiger partial charge in [-0.15, -0.1) is 0 Å². The zero-order chi connectivity index (χ0) is 18.5. The number of amides is 1. The number of hydrogen-bond acceptors (Lipinski definition) is 3. The fourth-order valence-corrected chi connectivity index (χ4v) is 2.76. The largest absolute Gasteiger partial charge is 0.306 e. The average molecular weight is 347 g/mol. The Morgan fingerprint density at radius 1 is 1.00 bits per heavy atom. The van der Waals surface area contributed by atoms with E-state index in [0.717, 1.165) is 16.8 Å². The van der Waals surface area contributed by atoms with Crippen LogP contribution in [0, 0.1) is 13.8 Å². The minimum absolute atomic E-state index is 0.0959. The Hall–Kier alpha value is -3.21. The summed E-state index contributed by atoms with van der Waals surface area (Å²) in [6, 6.07) is 20.7. The van der Waals surface area contributed by atoms with Gasteiger partial charge in [-0.3, -0.25) is 9.59 Å². The molecule has 0 atom stereocenters. The topological polar surface area (TPSA) is 55.2 Å². The van der Waals surface area contributed by atoms with Crippen LogP contribution in [0.2, 0.25) is 0 Å². The number of benzene rings is 2. The van der Waals surface area contributed by atoms with Crippen molar-refractivity contribution in [2.45, 2.75) is 26.9 Å². The molecule has 1 heterocycles. The lowest BCUT2D eigenvalue weighted by atomic mass is 10.1. The van der Waals surface area contributed by atoms with Gasteiger partial charge >= 0.3 is 0 Å². The highest BCUT2D eigenvalue weighted by Gasteiger charge is 2.18. The van der Waals surface area contributed by atoms with Gasteiger partial charge in [0.15, 0.2) is 0 Å². The van der Waals surface area contributed by atoms with Crippen molar-refractivity contribution in [3.8, 4) is 0 Å². The van der Waals surface area contributed by atoms with Gasteiger partial charge in [-0.1, -0.05) is 42.5 Å². The molecule has 0 aliphatic heterocycles. The molecule has 0 radical (unpaired) electrons. The van der Waals surface area contributed by atoms with Gasteiger partial charge in [0.2, 0.25) is 5.91 Å². The van der Waals surface area contributed by atoms with Crippen molar-refractivity contribution >= 4 is 11.6 Å². The van der Waals surface area contributed by atoms with Crippen LogP contribution in [0.4, 0.5) is 5.69 Å². The van der Waals surface area contributed by atoms with Gasteiger partial charge < -0.3 is 4.90 Å². The average Bonchev–Trinajstić information content (AvgIpc) is 2.63. The van der Waals surface area contributed by atoms with E-state index >= 15 is 0 Å². The number of anilines is 1. The van der Waals surface area contributed by atoms with E-state index in [1.54, 1.807) is 17.9 Å². The fourth-order valence-electron chi connectivity index (χ4n) is 2.76. The SMILES string of the molecule is Cc1cccc(N(Cc2ccccc2)C(=O)Cn2nc(C)ccc2=O)c1. The molecule has 5 nitrogen and oxygen atoms in total. The lowest BCUT2D eigenvalue weighted by Crippen LogP contribution is -2.37. The Morgan fingerprint density at radius 3 is 2.50 bits per heavy atom. The Kier molecular flexibility index (Phi) is 5.27. The smallest absolute Gasteiger partial charge is 0.267 e. The Bertz CT molecular complexity index is 964. The molecule has 2 aromatic carbocycles. The van der Waals surface area contributed by atoms with Crippen molar-refractivity contribution < 1.29 is 4.79 Å². The number of nitrogens with zero attached hydrogens (tertiary/aromatic N) is 3. The zero-order valence-electron chi connectivity index (χ0n) is 14.9. The summed E-state index contributed by atoms with van der Waals surface area (Å²) >= 11 is 0. The molecule has 0 aliphatic rings. The van der Waals surface area contributed by atoms with Crippen LogP contribution in [0.5, 0.6) is 0 Å². The molecule has 0 aliphatic carbocycles. The van der Waals surface area contributed by atoms with Gasteiger partial charge in [-0.25, -0.2) is 4.68 Å². The lowest BCUT2D eigenvalue weighted by molar-refractivity contribution is -0.119. The Balaban J connectivity index is 1.92. The zero-order valence-corrected chi connectivity index (χ0v) is 14.9. The van der Waals surface area contributed by atoms with E-state index in [0.29, 0.717) is 12.2 Å². The number of hydrogen-bond donors (Lipinski definition) is 0. The van der Waals surface area contributed by atoms with Gasteiger partial charge in [-0.05, 0) is 43.2 Å². The fraction of sp³-hybridized carbons (Fsp3) is 0.190. The first kappa shape index (κ1) is 17.6. The van der Waals surface area contributed by atoms with E-state index in [2.05, 4.69) is 5.10 Å². The molecule has 0 bridgehead atoms. The first-order valence-electron chi connectivity index (χ1n) is 8.48. The van der Waals surface area contributed by atoms with Crippen molar-refractivity contribution in [3.63, 3.8) is 0 Å². The predicted molar refractivity (Wildman–Crippen MR) is 102 cm³/mol. The van der Waals surface area contributed by atoms with Crippen molar-refractivity contribution in [2.75, 3.05) is 4.90 Å². The summed E-state index contributed by atoms with van der Waals surface area (Å²) in [5.74, 6) is -0.181. The summed E-state index contributed by atoms with van der Waals surface area (Å²) in [4.78, 5) is 26.7. The summed E-state index contributed by atoms with van der Waals surface area (Å²) in [5.41, 5.74) is 3.31. The van der Waals surface area contributed by atoms with Gasteiger partial charge in [0, 0.05) is 11.8 Å². The van der Waals surface area contributed by atoms with Crippen molar-refractivity contribution in [1.82, 2.24) is 9.78 Å². The van der Waals surface area contributed by atoms with Crippen LogP contribution in [0.25, 0.3) is 0 Å². The van der Waals surface area contributed by atoms with Crippen molar-refractivity contribution in [1.29, 1.82) is 0 Å². The summed E-state index contributed by atoms with van der Waals surface area (Å²) in [5, 5.41) is 4.17. The quantitative estimate of drug-likeness (QED) is 0.713. The molecule has 0 unspecified atom stereocenters. The maximum atomic E-state index is 13.0. The standard InChI is InChI=1S/C21H21N3O2/c1-16-7-6-10-19(13-16)23(14-18-8-4-3-5-9-18)21(26)15-24-20(25)12-11-17(2)22-24/h3-13H,14-15H2,1-2H3. The first-order chi connectivity index (χ1) is 12.5. The normalized spacial score (nSPS) is 10.5. The molecule has 3 aromatic rings. The molecule has 5 heteroatoms. The number of rotatable bonds is 5. The van der Waals surface area contributed by atoms with E-state index in [9.17, 15) is 9.59 Å². The number of aromatic nitrogens is 2. The van der Waals surface area contributed by atoms with Crippen LogP contribution in [-0.2, 0) is 17.9 Å². The van der Waals surface area contributed by atoms with Gasteiger partial charge in [-0.2, -0.15) is 5.10 Å². The summed E-state index contributed by atoms with van der Waals surface area (Å²) in [6.45, 7) is 4.12. The van der Waals surface area contributed by atoms with Crippen LogP contribution >= 0.6 is 0 Å². The van der Waals surface area contributed by atoms with Crippen LogP contribution < -0.4 is 10.5 Å². The number of aryl methyl sites for hydroxylation is 2. The molecule has 1 aromatic heterocycles.